The molecule has 26 heavy (non-hydrogen) atoms. The summed E-state index contributed by atoms with van der Waals surface area (Å²) in [6.45, 7) is 5.18. The van der Waals surface area contributed by atoms with Gasteiger partial charge < -0.3 is 15.8 Å². The Morgan fingerprint density at radius 2 is 2.08 bits per heavy atom. The van der Waals surface area contributed by atoms with Crippen LogP contribution in [-0.2, 0) is 14.8 Å². The minimum atomic E-state index is -3.38. The highest BCUT2D eigenvalue weighted by Crippen LogP contribution is 2.14. The first kappa shape index (κ1) is 23.1. The fourth-order valence-corrected chi connectivity index (χ4v) is 3.47. The molecule has 0 saturated carbocycles. The van der Waals surface area contributed by atoms with Crippen LogP contribution >= 0.6 is 24.0 Å². The van der Waals surface area contributed by atoms with E-state index in [1.165, 1.54) is 5.56 Å². The van der Waals surface area contributed by atoms with E-state index in [1.54, 1.807) is 0 Å². The molecule has 1 heterocycles. The van der Waals surface area contributed by atoms with Gasteiger partial charge in [0, 0.05) is 18.8 Å². The molecule has 2 rings (SSSR count). The molecule has 0 radical (unpaired) electrons. The van der Waals surface area contributed by atoms with Crippen molar-refractivity contribution in [3.63, 3.8) is 0 Å². The van der Waals surface area contributed by atoms with E-state index in [9.17, 15) is 8.42 Å². The lowest BCUT2D eigenvalue weighted by Crippen LogP contribution is -2.37. The highest BCUT2D eigenvalue weighted by Gasteiger charge is 2.17. The maximum atomic E-state index is 12.0. The average Bonchev–Trinajstić information content (AvgIpc) is 2.57. The van der Waals surface area contributed by atoms with Gasteiger partial charge in [-0.2, -0.15) is 0 Å². The third kappa shape index (κ3) is 8.19. The van der Waals surface area contributed by atoms with E-state index in [-0.39, 0.29) is 48.3 Å². The van der Waals surface area contributed by atoms with Gasteiger partial charge in [-0.1, -0.05) is 6.07 Å². The summed E-state index contributed by atoms with van der Waals surface area (Å²) in [5.74, 6) is 0.101. The number of guanidine groups is 1. The molecule has 1 saturated heterocycles. The molecule has 1 fully saturated rings. The molecule has 1 atom stereocenters. The van der Waals surface area contributed by atoms with Gasteiger partial charge in [0.2, 0.25) is 10.0 Å². The van der Waals surface area contributed by atoms with Crippen LogP contribution in [0.1, 0.15) is 30.4 Å². The van der Waals surface area contributed by atoms with Crippen molar-refractivity contribution in [3.05, 3.63) is 29.3 Å². The highest BCUT2D eigenvalue weighted by molar-refractivity contribution is 14.0. The molecule has 0 amide bonds. The van der Waals surface area contributed by atoms with Gasteiger partial charge in [0.05, 0.1) is 18.4 Å². The van der Waals surface area contributed by atoms with Crippen molar-refractivity contribution >= 4 is 45.6 Å². The van der Waals surface area contributed by atoms with E-state index >= 15 is 0 Å². The van der Waals surface area contributed by atoms with E-state index in [2.05, 4.69) is 15.0 Å². The lowest BCUT2D eigenvalue weighted by atomic mass is 10.1. The molecule has 0 spiro atoms. The van der Waals surface area contributed by atoms with Crippen LogP contribution in [0.5, 0.6) is 0 Å². The van der Waals surface area contributed by atoms with Crippen molar-refractivity contribution in [2.24, 2.45) is 10.7 Å². The van der Waals surface area contributed by atoms with E-state index in [1.807, 2.05) is 32.0 Å². The number of nitrogens with two attached hydrogens (primary N) is 1. The minimum absolute atomic E-state index is 0. The number of sulfonamides is 1. The lowest BCUT2D eigenvalue weighted by Gasteiger charge is -2.22. The van der Waals surface area contributed by atoms with Gasteiger partial charge >= 0.3 is 0 Å². The largest absolute Gasteiger partial charge is 0.377 e. The molecule has 0 bridgehead atoms. The summed E-state index contributed by atoms with van der Waals surface area (Å²) in [4.78, 5) is 4.08. The normalized spacial score (nSPS) is 18.2. The third-order valence-corrected chi connectivity index (χ3v) is 5.55. The number of aryl methyl sites for hydroxylation is 2. The highest BCUT2D eigenvalue weighted by atomic mass is 127. The SMILES string of the molecule is Cc1ccc(NC(N)=NCCS(=O)(=O)NCC2CCCCO2)cc1C.I. The minimum Gasteiger partial charge on any atom is -0.377 e. The third-order valence-electron chi connectivity index (χ3n) is 4.23. The summed E-state index contributed by atoms with van der Waals surface area (Å²) in [6, 6.07) is 5.88. The molecular formula is C17H29IN4O3S. The molecule has 1 aliphatic rings. The number of benzene rings is 1. The second-order valence-corrected chi connectivity index (χ2v) is 8.27. The summed E-state index contributed by atoms with van der Waals surface area (Å²) in [6.07, 6.45) is 3.00. The standard InChI is InChI=1S/C17H28N4O3S.HI/c1-13-6-7-15(11-14(13)2)21-17(18)19-8-10-25(22,23)20-12-16-5-3-4-9-24-16;/h6-7,11,16,20H,3-5,8-10,12H2,1-2H3,(H3,18,19,21);1H. The van der Waals surface area contributed by atoms with Gasteiger partial charge in [0.1, 0.15) is 0 Å². The molecule has 1 aromatic carbocycles. The zero-order valence-electron chi connectivity index (χ0n) is 15.3. The molecule has 0 aliphatic carbocycles. The van der Waals surface area contributed by atoms with Gasteiger partial charge in [-0.25, -0.2) is 13.1 Å². The number of ether oxygens (including phenoxy) is 1. The van der Waals surface area contributed by atoms with E-state index in [0.717, 1.165) is 30.5 Å². The van der Waals surface area contributed by atoms with Crippen LogP contribution in [-0.4, -0.2) is 45.9 Å². The van der Waals surface area contributed by atoms with Crippen molar-refractivity contribution in [2.45, 2.75) is 39.2 Å². The summed E-state index contributed by atoms with van der Waals surface area (Å²) in [5.41, 5.74) is 8.99. The van der Waals surface area contributed by atoms with Crippen molar-refractivity contribution in [1.82, 2.24) is 4.72 Å². The number of nitrogens with zero attached hydrogens (tertiary/aromatic N) is 1. The van der Waals surface area contributed by atoms with Crippen LogP contribution in [0.3, 0.4) is 0 Å². The second-order valence-electron chi connectivity index (χ2n) is 6.35. The quantitative estimate of drug-likeness (QED) is 0.305. The second kappa shape index (κ2) is 11.1. The number of anilines is 1. The van der Waals surface area contributed by atoms with E-state index in [0.29, 0.717) is 13.2 Å². The Bertz CT molecular complexity index is 704. The van der Waals surface area contributed by atoms with Crippen LogP contribution in [0.4, 0.5) is 5.69 Å². The fraction of sp³-hybridized carbons (Fsp3) is 0.588. The van der Waals surface area contributed by atoms with Gasteiger partial charge in [0.15, 0.2) is 5.96 Å². The first-order valence-electron chi connectivity index (χ1n) is 8.59. The van der Waals surface area contributed by atoms with Crippen molar-refractivity contribution < 1.29 is 13.2 Å². The summed E-state index contributed by atoms with van der Waals surface area (Å²) in [5, 5.41) is 2.97. The average molecular weight is 496 g/mol. The van der Waals surface area contributed by atoms with Gasteiger partial charge in [-0.15, -0.1) is 24.0 Å². The van der Waals surface area contributed by atoms with Crippen molar-refractivity contribution in [2.75, 3.05) is 30.8 Å². The monoisotopic (exact) mass is 496 g/mol. The van der Waals surface area contributed by atoms with Crippen molar-refractivity contribution in [3.8, 4) is 0 Å². The molecule has 7 nitrogen and oxygen atoms in total. The number of halogens is 1. The van der Waals surface area contributed by atoms with Crippen LogP contribution in [0.2, 0.25) is 0 Å². The van der Waals surface area contributed by atoms with Gasteiger partial charge in [-0.3, -0.25) is 4.99 Å². The number of hydrogen-bond donors (Lipinski definition) is 3. The number of rotatable bonds is 7. The topological polar surface area (TPSA) is 106 Å². The maximum absolute atomic E-state index is 12.0. The van der Waals surface area contributed by atoms with Crippen LogP contribution in [0, 0.1) is 13.8 Å². The Balaban J connectivity index is 0.00000338. The number of hydrogen-bond acceptors (Lipinski definition) is 4. The first-order chi connectivity index (χ1) is 11.9. The maximum Gasteiger partial charge on any atom is 0.213 e. The van der Waals surface area contributed by atoms with E-state index in [4.69, 9.17) is 10.5 Å². The van der Waals surface area contributed by atoms with Crippen LogP contribution in [0.25, 0.3) is 0 Å². The molecule has 9 heteroatoms. The molecule has 148 valence electrons. The Labute approximate surface area is 173 Å². The van der Waals surface area contributed by atoms with Gasteiger partial charge in [0.25, 0.3) is 0 Å². The molecule has 0 aromatic heterocycles. The summed E-state index contributed by atoms with van der Waals surface area (Å²) >= 11 is 0. The Morgan fingerprint density at radius 1 is 1.31 bits per heavy atom. The molecule has 4 N–H and O–H groups in total. The number of nitrogens with one attached hydrogen (secondary N) is 2. The molecular weight excluding hydrogens is 467 g/mol. The molecule has 1 aliphatic heterocycles. The Kier molecular flexibility index (Phi) is 9.83. The van der Waals surface area contributed by atoms with Gasteiger partial charge in [-0.05, 0) is 56.4 Å². The lowest BCUT2D eigenvalue weighted by molar-refractivity contribution is 0.0200. The predicted molar refractivity (Wildman–Crippen MR) is 117 cm³/mol. The summed E-state index contributed by atoms with van der Waals surface area (Å²) < 4.78 is 32.1. The first-order valence-corrected chi connectivity index (χ1v) is 10.2. The zero-order chi connectivity index (χ0) is 18.3. The fourth-order valence-electron chi connectivity index (χ4n) is 2.55. The van der Waals surface area contributed by atoms with Crippen LogP contribution in [0.15, 0.2) is 23.2 Å². The van der Waals surface area contributed by atoms with E-state index < -0.39 is 10.0 Å². The predicted octanol–water partition coefficient (Wildman–Crippen LogP) is 2.14. The summed E-state index contributed by atoms with van der Waals surface area (Å²) in [7, 11) is -3.38. The number of aliphatic imine (C=N–C) groups is 1. The van der Waals surface area contributed by atoms with Crippen LogP contribution < -0.4 is 15.8 Å². The molecule has 1 unspecified atom stereocenters. The molecule has 1 aromatic rings. The van der Waals surface area contributed by atoms with Crippen molar-refractivity contribution in [1.29, 1.82) is 0 Å². The zero-order valence-corrected chi connectivity index (χ0v) is 18.5. The Hall–Kier alpha value is -0.910. The smallest absolute Gasteiger partial charge is 0.213 e. The Morgan fingerprint density at radius 3 is 2.73 bits per heavy atom.